The van der Waals surface area contributed by atoms with Gasteiger partial charge >= 0.3 is 12.1 Å². The van der Waals surface area contributed by atoms with Gasteiger partial charge in [-0.25, -0.2) is 0 Å². The van der Waals surface area contributed by atoms with Crippen LogP contribution in [0.15, 0.2) is 0 Å². The Bertz CT molecular complexity index is 184. The van der Waals surface area contributed by atoms with Crippen LogP contribution in [0, 0.1) is 0 Å². The predicted octanol–water partition coefficient (Wildman–Crippen LogP) is 2.28. The Balaban J connectivity index is 2.49. The van der Waals surface area contributed by atoms with Crippen molar-refractivity contribution >= 4 is 0 Å². The van der Waals surface area contributed by atoms with E-state index in [1.165, 1.54) is 7.05 Å². The van der Waals surface area contributed by atoms with Crippen molar-refractivity contribution in [2.24, 2.45) is 0 Å². The summed E-state index contributed by atoms with van der Waals surface area (Å²) in [6.07, 6.45) is -4.01. The van der Waals surface area contributed by atoms with Crippen molar-refractivity contribution in [2.75, 3.05) is 13.6 Å². The molecule has 1 saturated carbocycles. The summed E-state index contributed by atoms with van der Waals surface area (Å²) < 4.78 is 59.9. The van der Waals surface area contributed by atoms with E-state index in [-0.39, 0.29) is 6.04 Å². The van der Waals surface area contributed by atoms with Crippen LogP contribution < -0.4 is 0 Å². The van der Waals surface area contributed by atoms with E-state index in [0.29, 0.717) is 12.8 Å². The number of hydrogen-bond donors (Lipinski definition) is 0. The minimum Gasteiger partial charge on any atom is -0.297 e. The van der Waals surface area contributed by atoms with Crippen LogP contribution in [-0.2, 0) is 0 Å². The molecule has 0 aromatic rings. The third kappa shape index (κ3) is 2.52. The molecule has 13 heavy (non-hydrogen) atoms. The maximum absolute atomic E-state index is 12.4. The van der Waals surface area contributed by atoms with Gasteiger partial charge in [-0.3, -0.25) is 4.90 Å². The summed E-state index contributed by atoms with van der Waals surface area (Å²) in [4.78, 5) is 1.06. The fourth-order valence-corrected chi connectivity index (χ4v) is 1.05. The van der Waals surface area contributed by atoms with Crippen LogP contribution in [0.25, 0.3) is 0 Å². The second kappa shape index (κ2) is 3.08. The SMILES string of the molecule is CN(CC(F)(F)C(F)(F)F)C1CC1. The van der Waals surface area contributed by atoms with Crippen molar-refractivity contribution in [3.8, 4) is 0 Å². The van der Waals surface area contributed by atoms with Crippen molar-refractivity contribution in [2.45, 2.75) is 31.0 Å². The molecule has 1 fully saturated rings. The molecule has 0 aromatic heterocycles. The summed E-state index contributed by atoms with van der Waals surface area (Å²) in [6, 6.07) is -0.0896. The number of hydrogen-bond acceptors (Lipinski definition) is 1. The van der Waals surface area contributed by atoms with Crippen LogP contribution in [0.3, 0.4) is 0 Å². The molecule has 1 rings (SSSR count). The quantitative estimate of drug-likeness (QED) is 0.636. The zero-order valence-corrected chi connectivity index (χ0v) is 7.04. The van der Waals surface area contributed by atoms with E-state index < -0.39 is 18.6 Å². The highest BCUT2D eigenvalue weighted by molar-refractivity contribution is 4.87. The van der Waals surface area contributed by atoms with Crippen molar-refractivity contribution < 1.29 is 22.0 Å². The molecule has 1 aliphatic rings. The second-order valence-electron chi connectivity index (χ2n) is 3.35. The lowest BCUT2D eigenvalue weighted by atomic mass is 10.3. The van der Waals surface area contributed by atoms with Crippen molar-refractivity contribution in [3.05, 3.63) is 0 Å². The van der Waals surface area contributed by atoms with Crippen LogP contribution in [0.4, 0.5) is 22.0 Å². The van der Waals surface area contributed by atoms with Crippen LogP contribution in [0.1, 0.15) is 12.8 Å². The van der Waals surface area contributed by atoms with Gasteiger partial charge < -0.3 is 0 Å². The summed E-state index contributed by atoms with van der Waals surface area (Å²) in [5, 5.41) is 0. The first-order valence-electron chi connectivity index (χ1n) is 3.89. The topological polar surface area (TPSA) is 3.24 Å². The molecule has 0 unspecified atom stereocenters. The summed E-state index contributed by atoms with van der Waals surface area (Å²) in [7, 11) is 1.29. The molecule has 0 N–H and O–H groups in total. The Labute approximate surface area is 72.5 Å². The molecule has 0 radical (unpaired) electrons. The predicted molar refractivity (Wildman–Crippen MR) is 36.7 cm³/mol. The third-order valence-electron chi connectivity index (χ3n) is 2.03. The standard InChI is InChI=1S/C7H10F5N/c1-13(5-2-3-5)4-6(8,9)7(10,11)12/h5H,2-4H2,1H3. The molecule has 1 aliphatic carbocycles. The van der Waals surface area contributed by atoms with E-state index in [9.17, 15) is 22.0 Å². The van der Waals surface area contributed by atoms with Gasteiger partial charge in [-0.2, -0.15) is 22.0 Å². The lowest BCUT2D eigenvalue weighted by molar-refractivity contribution is -0.286. The molecule has 0 bridgehead atoms. The van der Waals surface area contributed by atoms with Gasteiger partial charge in [0.1, 0.15) is 0 Å². The molecule has 0 spiro atoms. The van der Waals surface area contributed by atoms with Gasteiger partial charge in [-0.15, -0.1) is 0 Å². The molecule has 0 aliphatic heterocycles. The largest absolute Gasteiger partial charge is 0.454 e. The average molecular weight is 203 g/mol. The van der Waals surface area contributed by atoms with Gasteiger partial charge in [0.05, 0.1) is 6.54 Å². The van der Waals surface area contributed by atoms with E-state index in [0.717, 1.165) is 4.90 Å². The molecule has 0 saturated heterocycles. The van der Waals surface area contributed by atoms with Gasteiger partial charge in [0, 0.05) is 6.04 Å². The number of rotatable bonds is 3. The minimum atomic E-state index is -5.43. The van der Waals surface area contributed by atoms with Gasteiger partial charge in [0.25, 0.3) is 0 Å². The first-order chi connectivity index (χ1) is 5.74. The summed E-state index contributed by atoms with van der Waals surface area (Å²) >= 11 is 0. The average Bonchev–Trinajstić information content (AvgIpc) is 2.62. The molecular formula is C7H10F5N. The number of halogens is 5. The third-order valence-corrected chi connectivity index (χ3v) is 2.03. The summed E-state index contributed by atoms with van der Waals surface area (Å²) in [5.74, 6) is -4.59. The fourth-order valence-electron chi connectivity index (χ4n) is 1.05. The van der Waals surface area contributed by atoms with Gasteiger partial charge in [0.15, 0.2) is 0 Å². The summed E-state index contributed by atoms with van der Waals surface area (Å²) in [6.45, 7) is -1.23. The Kier molecular flexibility index (Phi) is 2.53. The fraction of sp³-hybridized carbons (Fsp3) is 1.00. The van der Waals surface area contributed by atoms with E-state index in [1.807, 2.05) is 0 Å². The minimum absolute atomic E-state index is 0.0896. The zero-order valence-electron chi connectivity index (χ0n) is 7.04. The Hall–Kier alpha value is -0.390. The zero-order chi connectivity index (χ0) is 10.3. The lowest BCUT2D eigenvalue weighted by Gasteiger charge is -2.25. The maximum atomic E-state index is 12.4. The smallest absolute Gasteiger partial charge is 0.297 e. The monoisotopic (exact) mass is 203 g/mol. The summed E-state index contributed by atoms with van der Waals surface area (Å²) in [5.41, 5.74) is 0. The van der Waals surface area contributed by atoms with Crippen molar-refractivity contribution in [1.29, 1.82) is 0 Å². The van der Waals surface area contributed by atoms with Gasteiger partial charge in [-0.1, -0.05) is 0 Å². The van der Waals surface area contributed by atoms with Crippen LogP contribution >= 0.6 is 0 Å². The Morgan fingerprint density at radius 1 is 1.15 bits per heavy atom. The van der Waals surface area contributed by atoms with E-state index in [4.69, 9.17) is 0 Å². The van der Waals surface area contributed by atoms with E-state index in [1.54, 1.807) is 0 Å². The molecule has 1 nitrogen and oxygen atoms in total. The van der Waals surface area contributed by atoms with Crippen molar-refractivity contribution in [1.82, 2.24) is 4.90 Å². The first kappa shape index (κ1) is 10.7. The van der Waals surface area contributed by atoms with E-state index in [2.05, 4.69) is 0 Å². The Morgan fingerprint density at radius 3 is 1.92 bits per heavy atom. The molecule has 6 heteroatoms. The maximum Gasteiger partial charge on any atom is 0.454 e. The number of nitrogens with zero attached hydrogens (tertiary/aromatic N) is 1. The first-order valence-corrected chi connectivity index (χ1v) is 3.89. The highest BCUT2D eigenvalue weighted by atomic mass is 19.4. The molecule has 0 amide bonds. The Morgan fingerprint density at radius 2 is 1.62 bits per heavy atom. The van der Waals surface area contributed by atoms with Gasteiger partial charge in [-0.05, 0) is 19.9 Å². The molecular weight excluding hydrogens is 193 g/mol. The molecule has 78 valence electrons. The molecule has 0 aromatic carbocycles. The van der Waals surface area contributed by atoms with Gasteiger partial charge in [0.2, 0.25) is 0 Å². The highest BCUT2D eigenvalue weighted by Gasteiger charge is 2.58. The van der Waals surface area contributed by atoms with Crippen LogP contribution in [-0.4, -0.2) is 36.6 Å². The lowest BCUT2D eigenvalue weighted by Crippen LogP contribution is -2.46. The molecule has 0 atom stereocenters. The normalized spacial score (nSPS) is 19.6. The molecule has 0 heterocycles. The number of alkyl halides is 5. The second-order valence-corrected chi connectivity index (χ2v) is 3.35. The van der Waals surface area contributed by atoms with Crippen molar-refractivity contribution in [3.63, 3.8) is 0 Å². The highest BCUT2D eigenvalue weighted by Crippen LogP contribution is 2.37. The van der Waals surface area contributed by atoms with Crippen LogP contribution in [0.5, 0.6) is 0 Å². The van der Waals surface area contributed by atoms with E-state index >= 15 is 0 Å². The van der Waals surface area contributed by atoms with Crippen LogP contribution in [0.2, 0.25) is 0 Å².